The molecule has 1 amide bonds. The molecule has 4 rings (SSSR count). The monoisotopic (exact) mass is 490 g/mol. The first-order chi connectivity index (χ1) is 17.1. The van der Waals surface area contributed by atoms with Crippen molar-refractivity contribution in [2.24, 2.45) is 0 Å². The minimum absolute atomic E-state index is 0.143. The third-order valence-corrected chi connectivity index (χ3v) is 5.67. The molecule has 0 saturated heterocycles. The molecule has 0 radical (unpaired) electrons. The van der Waals surface area contributed by atoms with Crippen molar-refractivity contribution in [2.75, 3.05) is 11.9 Å². The Labute approximate surface area is 205 Å². The number of nitrogens with zero attached hydrogens (tertiary/aromatic N) is 4. The van der Waals surface area contributed by atoms with Crippen LogP contribution in [0.5, 0.6) is 0 Å². The number of carbonyl (C=O) groups is 1. The highest BCUT2D eigenvalue weighted by Crippen LogP contribution is 2.31. The van der Waals surface area contributed by atoms with Gasteiger partial charge in [-0.1, -0.05) is 48.0 Å². The van der Waals surface area contributed by atoms with Gasteiger partial charge in [-0.3, -0.25) is 4.79 Å². The lowest BCUT2D eigenvalue weighted by Crippen LogP contribution is -2.28. The predicted octanol–water partition coefficient (Wildman–Crippen LogP) is 5.43. The van der Waals surface area contributed by atoms with Gasteiger partial charge in [-0.2, -0.15) is 23.5 Å². The van der Waals surface area contributed by atoms with Crippen LogP contribution < -0.4 is 4.90 Å². The van der Waals surface area contributed by atoms with Crippen molar-refractivity contribution < 1.29 is 23.1 Å². The van der Waals surface area contributed by atoms with E-state index in [9.17, 15) is 28.3 Å². The van der Waals surface area contributed by atoms with Gasteiger partial charge in [0, 0.05) is 18.8 Å². The molecule has 0 saturated carbocycles. The fourth-order valence-electron chi connectivity index (χ4n) is 3.80. The van der Waals surface area contributed by atoms with Gasteiger partial charge >= 0.3 is 6.18 Å². The molecule has 0 aliphatic carbocycles. The Bertz CT molecular complexity index is 1470. The summed E-state index contributed by atoms with van der Waals surface area (Å²) in [7, 11) is 1.43. The second-order valence-corrected chi connectivity index (χ2v) is 8.26. The van der Waals surface area contributed by atoms with Gasteiger partial charge in [0.1, 0.15) is 11.8 Å². The zero-order chi connectivity index (χ0) is 26.0. The van der Waals surface area contributed by atoms with E-state index in [1.807, 2.05) is 31.2 Å². The molecule has 9 heteroatoms. The fraction of sp³-hybridized carbons (Fsp3) is 0.148. The van der Waals surface area contributed by atoms with Crippen LogP contribution in [0.2, 0.25) is 0 Å². The Kier molecular flexibility index (Phi) is 6.64. The Balaban J connectivity index is 1.72. The molecule has 4 aromatic rings. The summed E-state index contributed by atoms with van der Waals surface area (Å²) in [5.74, 6) is -0.748. The van der Waals surface area contributed by atoms with Crippen molar-refractivity contribution in [3.05, 3.63) is 113 Å². The molecule has 0 bridgehead atoms. The van der Waals surface area contributed by atoms with Crippen LogP contribution in [-0.2, 0) is 6.18 Å². The van der Waals surface area contributed by atoms with E-state index in [-0.39, 0.29) is 16.9 Å². The number of aliphatic hydroxyl groups excluding tert-OH is 1. The molecule has 1 atom stereocenters. The standard InChI is InChI=1S/C27H21F3N4O2/c1-17-6-3-8-19(12-17)25(35)20-9-5-10-21(14-20)33(2)26(36)23-15-24(27(28,29)30)32-34(23)22-11-4-7-18(13-22)16-31/h3-15,25,35H,1-2H3. The third kappa shape index (κ3) is 4.99. The molecule has 1 heterocycles. The van der Waals surface area contributed by atoms with Gasteiger partial charge in [0.2, 0.25) is 0 Å². The summed E-state index contributed by atoms with van der Waals surface area (Å²) in [6.07, 6.45) is -5.73. The maximum absolute atomic E-state index is 13.5. The number of anilines is 1. The number of benzene rings is 3. The number of hydrogen-bond donors (Lipinski definition) is 1. The van der Waals surface area contributed by atoms with E-state index < -0.39 is 23.9 Å². The number of carbonyl (C=O) groups excluding carboxylic acids is 1. The van der Waals surface area contributed by atoms with E-state index in [2.05, 4.69) is 5.10 Å². The third-order valence-electron chi connectivity index (χ3n) is 5.67. The van der Waals surface area contributed by atoms with Gasteiger partial charge in [0.25, 0.3) is 5.91 Å². The molecular formula is C27H21F3N4O2. The molecule has 1 N–H and O–H groups in total. The van der Waals surface area contributed by atoms with Gasteiger partial charge in [0.15, 0.2) is 5.69 Å². The molecule has 3 aromatic carbocycles. The van der Waals surface area contributed by atoms with Crippen molar-refractivity contribution in [3.63, 3.8) is 0 Å². The van der Waals surface area contributed by atoms with Crippen LogP contribution in [-0.4, -0.2) is 27.8 Å². The van der Waals surface area contributed by atoms with E-state index >= 15 is 0 Å². The molecular weight excluding hydrogens is 469 g/mol. The Hall–Kier alpha value is -4.42. The predicted molar refractivity (Wildman–Crippen MR) is 128 cm³/mol. The zero-order valence-corrected chi connectivity index (χ0v) is 19.4. The Morgan fingerprint density at radius 3 is 2.36 bits per heavy atom. The van der Waals surface area contributed by atoms with Gasteiger partial charge in [-0.25, -0.2) is 4.68 Å². The highest BCUT2D eigenvalue weighted by molar-refractivity contribution is 6.05. The number of rotatable bonds is 5. The number of aliphatic hydroxyl groups is 1. The van der Waals surface area contributed by atoms with Gasteiger partial charge in [0.05, 0.1) is 17.3 Å². The van der Waals surface area contributed by atoms with Crippen LogP contribution in [0.25, 0.3) is 5.69 Å². The largest absolute Gasteiger partial charge is 0.435 e. The molecule has 6 nitrogen and oxygen atoms in total. The second-order valence-electron chi connectivity index (χ2n) is 8.26. The van der Waals surface area contributed by atoms with Crippen LogP contribution in [0.4, 0.5) is 18.9 Å². The smallest absolute Gasteiger partial charge is 0.384 e. The number of hydrogen-bond acceptors (Lipinski definition) is 4. The minimum atomic E-state index is -4.77. The molecule has 0 spiro atoms. The summed E-state index contributed by atoms with van der Waals surface area (Å²) < 4.78 is 41.3. The molecule has 0 aliphatic rings. The quantitative estimate of drug-likeness (QED) is 0.405. The highest BCUT2D eigenvalue weighted by atomic mass is 19.4. The molecule has 1 unspecified atom stereocenters. The van der Waals surface area contributed by atoms with E-state index in [1.165, 1.54) is 36.2 Å². The summed E-state index contributed by atoms with van der Waals surface area (Å²) in [6, 6.07) is 22.4. The summed E-state index contributed by atoms with van der Waals surface area (Å²) in [4.78, 5) is 14.6. The molecule has 36 heavy (non-hydrogen) atoms. The van der Waals surface area contributed by atoms with Gasteiger partial charge < -0.3 is 10.0 Å². The first kappa shape index (κ1) is 24.7. The van der Waals surface area contributed by atoms with Crippen LogP contribution in [0.1, 0.15) is 44.5 Å². The van der Waals surface area contributed by atoms with Gasteiger partial charge in [-0.15, -0.1) is 0 Å². The second kappa shape index (κ2) is 9.68. The normalized spacial score (nSPS) is 12.1. The Morgan fingerprint density at radius 2 is 1.69 bits per heavy atom. The zero-order valence-electron chi connectivity index (χ0n) is 19.4. The van der Waals surface area contributed by atoms with Crippen LogP contribution in [0.15, 0.2) is 78.9 Å². The molecule has 0 fully saturated rings. The van der Waals surface area contributed by atoms with Crippen molar-refractivity contribution in [1.29, 1.82) is 5.26 Å². The number of amides is 1. The van der Waals surface area contributed by atoms with Crippen LogP contribution >= 0.6 is 0 Å². The average Bonchev–Trinajstić information content (AvgIpc) is 3.34. The van der Waals surface area contributed by atoms with Crippen molar-refractivity contribution in [3.8, 4) is 11.8 Å². The molecule has 0 aliphatic heterocycles. The average molecular weight is 490 g/mol. The number of alkyl halides is 3. The van der Waals surface area contributed by atoms with Crippen LogP contribution in [0.3, 0.4) is 0 Å². The minimum Gasteiger partial charge on any atom is -0.384 e. The lowest BCUT2D eigenvalue weighted by molar-refractivity contribution is -0.141. The van der Waals surface area contributed by atoms with Gasteiger partial charge in [-0.05, 0) is 48.4 Å². The fourth-order valence-corrected chi connectivity index (χ4v) is 3.80. The maximum atomic E-state index is 13.5. The van der Waals surface area contributed by atoms with E-state index in [4.69, 9.17) is 0 Å². The number of nitriles is 1. The summed E-state index contributed by atoms with van der Waals surface area (Å²) in [5.41, 5.74) is 1.33. The van der Waals surface area contributed by atoms with E-state index in [1.54, 1.807) is 30.3 Å². The van der Waals surface area contributed by atoms with E-state index in [0.717, 1.165) is 10.2 Å². The van der Waals surface area contributed by atoms with Crippen molar-refractivity contribution in [1.82, 2.24) is 9.78 Å². The lowest BCUT2D eigenvalue weighted by Gasteiger charge is -2.20. The molecule has 182 valence electrons. The summed E-state index contributed by atoms with van der Waals surface area (Å²) in [6.45, 7) is 1.91. The number of aromatic nitrogens is 2. The van der Waals surface area contributed by atoms with E-state index in [0.29, 0.717) is 22.9 Å². The first-order valence-corrected chi connectivity index (χ1v) is 10.9. The van der Waals surface area contributed by atoms with Crippen molar-refractivity contribution >= 4 is 11.6 Å². The maximum Gasteiger partial charge on any atom is 0.435 e. The molecule has 1 aromatic heterocycles. The summed E-state index contributed by atoms with van der Waals surface area (Å²) >= 11 is 0. The first-order valence-electron chi connectivity index (χ1n) is 10.9. The van der Waals surface area contributed by atoms with Crippen molar-refractivity contribution in [2.45, 2.75) is 19.2 Å². The highest BCUT2D eigenvalue weighted by Gasteiger charge is 2.36. The topological polar surface area (TPSA) is 82.2 Å². The lowest BCUT2D eigenvalue weighted by atomic mass is 9.99. The Morgan fingerprint density at radius 1 is 1.03 bits per heavy atom. The van der Waals surface area contributed by atoms with Crippen LogP contribution in [0, 0.1) is 18.3 Å². The SMILES string of the molecule is Cc1cccc(C(O)c2cccc(N(C)C(=O)c3cc(C(F)(F)F)nn3-c3cccc(C#N)c3)c2)c1. The number of aryl methyl sites for hydroxylation is 1. The summed E-state index contributed by atoms with van der Waals surface area (Å²) in [5, 5.41) is 23.6. The number of halogens is 3.